The van der Waals surface area contributed by atoms with Gasteiger partial charge in [0.1, 0.15) is 0 Å². The van der Waals surface area contributed by atoms with Crippen LogP contribution in [0.4, 0.5) is 4.79 Å². The first-order valence-electron chi connectivity index (χ1n) is 7.65. The summed E-state index contributed by atoms with van der Waals surface area (Å²) in [5.74, 6) is -0.980. The Kier molecular flexibility index (Phi) is 5.02. The Bertz CT molecular complexity index is 466. The highest BCUT2D eigenvalue weighted by Crippen LogP contribution is 2.25. The lowest BCUT2D eigenvalue weighted by Crippen LogP contribution is -2.57. The molecule has 5 N–H and O–H groups in total. The van der Waals surface area contributed by atoms with Crippen LogP contribution >= 0.6 is 0 Å². The third-order valence-corrected chi connectivity index (χ3v) is 4.16. The lowest BCUT2D eigenvalue weighted by Gasteiger charge is -2.40. The van der Waals surface area contributed by atoms with Gasteiger partial charge in [-0.05, 0) is 39.2 Å². The Labute approximate surface area is 129 Å². The first-order chi connectivity index (χ1) is 10.3. The number of nitrogens with two attached hydrogens (primary N) is 1. The largest absolute Gasteiger partial charge is 0.388 e. The van der Waals surface area contributed by atoms with Crippen molar-refractivity contribution in [1.82, 2.24) is 15.5 Å². The molecule has 2 atom stereocenters. The van der Waals surface area contributed by atoms with Crippen LogP contribution in [0.2, 0.25) is 0 Å². The Morgan fingerprint density at radius 3 is 2.68 bits per heavy atom. The van der Waals surface area contributed by atoms with Crippen LogP contribution in [0.15, 0.2) is 0 Å². The Hall–Kier alpha value is -1.67. The molecule has 0 aromatic rings. The molecule has 0 aromatic carbocycles. The number of primary amides is 1. The van der Waals surface area contributed by atoms with E-state index in [0.717, 1.165) is 12.8 Å². The van der Waals surface area contributed by atoms with Gasteiger partial charge in [0.05, 0.1) is 18.1 Å². The van der Waals surface area contributed by atoms with Gasteiger partial charge in [-0.1, -0.05) is 0 Å². The maximum absolute atomic E-state index is 12.1. The highest BCUT2D eigenvalue weighted by molar-refractivity contribution is 5.97. The lowest BCUT2D eigenvalue weighted by atomic mass is 9.88. The molecule has 1 aliphatic heterocycles. The number of β-amino-alcohol motifs (C(OH)–C–C–N with tert-alkyl or cyclic N) is 1. The van der Waals surface area contributed by atoms with Crippen molar-refractivity contribution in [2.75, 3.05) is 13.1 Å². The fraction of sp³-hybridized carbons (Fsp3) is 0.786. The number of hydrogen-bond acceptors (Lipinski definition) is 5. The summed E-state index contributed by atoms with van der Waals surface area (Å²) in [5.41, 5.74) is 3.96. The minimum atomic E-state index is -1.20. The number of hydrogen-bond donors (Lipinski definition) is 4. The number of carbonyl (C=O) groups excluding carboxylic acids is 3. The van der Waals surface area contributed by atoms with Crippen LogP contribution in [0.25, 0.3) is 0 Å². The maximum Gasteiger partial charge on any atom is 0.321 e. The number of nitrogens with one attached hydrogen (secondary N) is 2. The van der Waals surface area contributed by atoms with E-state index >= 15 is 0 Å². The van der Waals surface area contributed by atoms with E-state index in [0.29, 0.717) is 19.4 Å². The monoisotopic (exact) mass is 312 g/mol. The van der Waals surface area contributed by atoms with Gasteiger partial charge in [-0.3, -0.25) is 19.8 Å². The van der Waals surface area contributed by atoms with Gasteiger partial charge in [-0.2, -0.15) is 0 Å². The van der Waals surface area contributed by atoms with E-state index in [1.165, 1.54) is 0 Å². The number of nitrogens with zero attached hydrogens (tertiary/aromatic N) is 1. The average molecular weight is 312 g/mol. The molecule has 4 amide bonds. The van der Waals surface area contributed by atoms with Crippen LogP contribution in [0.5, 0.6) is 0 Å². The quantitative estimate of drug-likeness (QED) is 0.522. The second kappa shape index (κ2) is 6.62. The van der Waals surface area contributed by atoms with E-state index in [2.05, 4.69) is 10.6 Å². The Morgan fingerprint density at radius 1 is 1.41 bits per heavy atom. The topological polar surface area (TPSA) is 125 Å². The molecule has 1 aliphatic carbocycles. The molecule has 0 radical (unpaired) electrons. The summed E-state index contributed by atoms with van der Waals surface area (Å²) < 4.78 is 0. The second-order valence-electron chi connectivity index (χ2n) is 6.35. The summed E-state index contributed by atoms with van der Waals surface area (Å²) in [4.78, 5) is 36.5. The van der Waals surface area contributed by atoms with Crippen LogP contribution in [-0.4, -0.2) is 58.6 Å². The zero-order chi connectivity index (χ0) is 16.3. The predicted octanol–water partition coefficient (Wildman–Crippen LogP) is -0.935. The minimum absolute atomic E-state index is 0.125. The van der Waals surface area contributed by atoms with Gasteiger partial charge in [0, 0.05) is 12.6 Å². The molecule has 1 heterocycles. The highest BCUT2D eigenvalue weighted by Gasteiger charge is 2.38. The standard InChI is InChI=1S/C14H24N4O4/c1-9(12(20)17-13(21)16-10-3-4-10)18-6-2-5-14(22,8-18)7-11(15)19/h9-10,22H,2-8H2,1H3,(H2,15,19)(H2,16,17,20,21). The molecule has 8 heteroatoms. The van der Waals surface area contributed by atoms with Gasteiger partial charge in [0.15, 0.2) is 0 Å². The number of carbonyl (C=O) groups is 3. The van der Waals surface area contributed by atoms with Crippen molar-refractivity contribution in [3.05, 3.63) is 0 Å². The van der Waals surface area contributed by atoms with E-state index < -0.39 is 29.5 Å². The number of aliphatic hydroxyl groups is 1. The van der Waals surface area contributed by atoms with E-state index in [1.54, 1.807) is 11.8 Å². The smallest absolute Gasteiger partial charge is 0.321 e. The van der Waals surface area contributed by atoms with E-state index in [1.807, 2.05) is 0 Å². The SMILES string of the molecule is CC(C(=O)NC(=O)NC1CC1)N1CCCC(O)(CC(N)=O)C1. The fourth-order valence-electron chi connectivity index (χ4n) is 2.78. The third-order valence-electron chi connectivity index (χ3n) is 4.16. The molecule has 8 nitrogen and oxygen atoms in total. The molecule has 2 rings (SSSR count). The van der Waals surface area contributed by atoms with Gasteiger partial charge in [-0.15, -0.1) is 0 Å². The molecular weight excluding hydrogens is 288 g/mol. The van der Waals surface area contributed by atoms with Crippen LogP contribution in [-0.2, 0) is 9.59 Å². The average Bonchev–Trinajstić information content (AvgIpc) is 3.19. The number of piperidine rings is 1. The molecule has 22 heavy (non-hydrogen) atoms. The second-order valence-corrected chi connectivity index (χ2v) is 6.35. The maximum atomic E-state index is 12.1. The molecule has 0 bridgehead atoms. The highest BCUT2D eigenvalue weighted by atomic mass is 16.3. The van der Waals surface area contributed by atoms with Crippen molar-refractivity contribution in [2.45, 2.75) is 56.7 Å². The zero-order valence-corrected chi connectivity index (χ0v) is 12.8. The Balaban J connectivity index is 1.87. The van der Waals surface area contributed by atoms with Gasteiger partial charge in [-0.25, -0.2) is 4.79 Å². The molecule has 0 spiro atoms. The first-order valence-corrected chi connectivity index (χ1v) is 7.65. The van der Waals surface area contributed by atoms with Gasteiger partial charge in [0.2, 0.25) is 11.8 Å². The van der Waals surface area contributed by atoms with Crippen LogP contribution in [0.1, 0.15) is 39.0 Å². The summed E-state index contributed by atoms with van der Waals surface area (Å²) in [6, 6.07) is -0.868. The molecule has 1 saturated heterocycles. The number of imide groups is 1. The van der Waals surface area contributed by atoms with Gasteiger partial charge in [0.25, 0.3) is 0 Å². The van der Waals surface area contributed by atoms with Gasteiger partial charge < -0.3 is 16.2 Å². The number of likely N-dealkylation sites (tertiary alicyclic amines) is 1. The van der Waals surface area contributed by atoms with Crippen molar-refractivity contribution < 1.29 is 19.5 Å². The third kappa shape index (κ3) is 4.67. The number of rotatable bonds is 5. The number of urea groups is 1. The summed E-state index contributed by atoms with van der Waals surface area (Å²) >= 11 is 0. The molecule has 2 unspecified atom stereocenters. The van der Waals surface area contributed by atoms with Crippen molar-refractivity contribution >= 4 is 17.8 Å². The molecule has 2 aliphatic rings. The summed E-state index contributed by atoms with van der Waals surface area (Å²) in [6.07, 6.45) is 2.91. The van der Waals surface area contributed by atoms with Crippen LogP contribution in [0, 0.1) is 0 Å². The van der Waals surface area contributed by atoms with E-state index in [-0.39, 0.29) is 19.0 Å². The first kappa shape index (κ1) is 16.7. The summed E-state index contributed by atoms with van der Waals surface area (Å²) in [6.45, 7) is 2.49. The molecule has 124 valence electrons. The van der Waals surface area contributed by atoms with E-state index in [9.17, 15) is 19.5 Å². The predicted molar refractivity (Wildman–Crippen MR) is 78.7 cm³/mol. The minimum Gasteiger partial charge on any atom is -0.388 e. The Morgan fingerprint density at radius 2 is 2.09 bits per heavy atom. The normalized spacial score (nSPS) is 27.0. The van der Waals surface area contributed by atoms with Crippen LogP contribution in [0.3, 0.4) is 0 Å². The molecular formula is C14H24N4O4. The van der Waals surface area contributed by atoms with Crippen LogP contribution < -0.4 is 16.4 Å². The summed E-state index contributed by atoms with van der Waals surface area (Å²) in [5, 5.41) is 15.4. The number of amides is 4. The van der Waals surface area contributed by atoms with Gasteiger partial charge >= 0.3 is 6.03 Å². The lowest BCUT2D eigenvalue weighted by molar-refractivity contribution is -0.130. The van der Waals surface area contributed by atoms with Crippen molar-refractivity contribution in [2.24, 2.45) is 5.73 Å². The molecule has 2 fully saturated rings. The summed E-state index contributed by atoms with van der Waals surface area (Å²) in [7, 11) is 0. The zero-order valence-electron chi connectivity index (χ0n) is 12.8. The van der Waals surface area contributed by atoms with Crippen molar-refractivity contribution in [3.8, 4) is 0 Å². The molecule has 1 saturated carbocycles. The van der Waals surface area contributed by atoms with Crippen molar-refractivity contribution in [1.29, 1.82) is 0 Å². The van der Waals surface area contributed by atoms with Crippen molar-refractivity contribution in [3.63, 3.8) is 0 Å². The van der Waals surface area contributed by atoms with E-state index in [4.69, 9.17) is 5.73 Å². The fourth-order valence-corrected chi connectivity index (χ4v) is 2.78. The molecule has 0 aromatic heterocycles.